The summed E-state index contributed by atoms with van der Waals surface area (Å²) in [5.74, 6) is 0.456. The Bertz CT molecular complexity index is 939. The molecule has 1 atom stereocenters. The van der Waals surface area contributed by atoms with Gasteiger partial charge in [-0.15, -0.1) is 0 Å². The summed E-state index contributed by atoms with van der Waals surface area (Å²) in [6.45, 7) is 5.32. The highest BCUT2D eigenvalue weighted by molar-refractivity contribution is 7.89. The van der Waals surface area contributed by atoms with Gasteiger partial charge < -0.3 is 15.4 Å². The van der Waals surface area contributed by atoms with Crippen molar-refractivity contribution in [1.82, 2.24) is 4.31 Å². The molecule has 2 N–H and O–H groups in total. The third-order valence-electron chi connectivity index (χ3n) is 4.78. The minimum absolute atomic E-state index is 0.230. The van der Waals surface area contributed by atoms with E-state index < -0.39 is 16.1 Å². The summed E-state index contributed by atoms with van der Waals surface area (Å²) in [5, 5.41) is 5.96. The zero-order chi connectivity index (χ0) is 20.9. The molecule has 1 amide bonds. The van der Waals surface area contributed by atoms with Gasteiger partial charge in [-0.2, -0.15) is 4.31 Å². The molecule has 1 aliphatic heterocycles. The molecule has 8 heteroatoms. The summed E-state index contributed by atoms with van der Waals surface area (Å²) in [6, 6.07) is 13.2. The third-order valence-corrected chi connectivity index (χ3v) is 6.69. The lowest BCUT2D eigenvalue weighted by molar-refractivity contribution is -0.116. The van der Waals surface area contributed by atoms with Crippen molar-refractivity contribution in [2.75, 3.05) is 30.3 Å². The van der Waals surface area contributed by atoms with Gasteiger partial charge in [0.05, 0.1) is 17.2 Å². The average molecular weight is 418 g/mol. The zero-order valence-corrected chi connectivity index (χ0v) is 17.5. The van der Waals surface area contributed by atoms with E-state index in [0.717, 1.165) is 18.5 Å². The second kappa shape index (κ2) is 9.28. The van der Waals surface area contributed by atoms with E-state index in [1.807, 2.05) is 31.2 Å². The molecule has 2 aromatic rings. The summed E-state index contributed by atoms with van der Waals surface area (Å²) >= 11 is 0. The van der Waals surface area contributed by atoms with Crippen LogP contribution in [0.2, 0.25) is 0 Å². The lowest BCUT2D eigenvalue weighted by atomic mass is 10.2. The van der Waals surface area contributed by atoms with Crippen molar-refractivity contribution in [3.05, 3.63) is 48.5 Å². The maximum atomic E-state index is 12.6. The number of para-hydroxylation sites is 2. The topological polar surface area (TPSA) is 87.7 Å². The molecule has 1 fully saturated rings. The zero-order valence-electron chi connectivity index (χ0n) is 16.7. The van der Waals surface area contributed by atoms with E-state index in [2.05, 4.69) is 10.6 Å². The Morgan fingerprint density at radius 3 is 2.41 bits per heavy atom. The Balaban J connectivity index is 1.63. The molecule has 156 valence electrons. The van der Waals surface area contributed by atoms with Gasteiger partial charge in [0.25, 0.3) is 0 Å². The Labute approximate surface area is 172 Å². The fraction of sp³-hybridized carbons (Fsp3) is 0.381. The molecule has 1 heterocycles. The average Bonchev–Trinajstić information content (AvgIpc) is 3.26. The lowest BCUT2D eigenvalue weighted by Crippen LogP contribution is -2.32. The van der Waals surface area contributed by atoms with Crippen LogP contribution in [0.5, 0.6) is 5.75 Å². The Kier molecular flexibility index (Phi) is 6.76. The summed E-state index contributed by atoms with van der Waals surface area (Å²) in [5.41, 5.74) is 1.28. The molecule has 0 aromatic heterocycles. The molecule has 0 spiro atoms. The van der Waals surface area contributed by atoms with Crippen LogP contribution < -0.4 is 15.4 Å². The SMILES string of the molecule is CCOc1ccccc1N[C@@H](C)C(=O)Nc1ccc(S(=O)(=O)N2CCCC2)cc1. The van der Waals surface area contributed by atoms with Gasteiger partial charge in [-0.3, -0.25) is 4.79 Å². The molecular formula is C21H27N3O4S. The van der Waals surface area contributed by atoms with E-state index in [-0.39, 0.29) is 10.8 Å². The predicted octanol–water partition coefficient (Wildman–Crippen LogP) is 3.31. The first kappa shape index (κ1) is 21.1. The standard InChI is InChI=1S/C21H27N3O4S/c1-3-28-20-9-5-4-8-19(20)22-16(2)21(25)23-17-10-12-18(13-11-17)29(26,27)24-14-6-7-15-24/h4-5,8-13,16,22H,3,6-7,14-15H2,1-2H3,(H,23,25)/t16-/m0/s1. The first-order valence-corrected chi connectivity index (χ1v) is 11.2. The Morgan fingerprint density at radius 2 is 1.76 bits per heavy atom. The molecule has 29 heavy (non-hydrogen) atoms. The highest BCUT2D eigenvalue weighted by Gasteiger charge is 2.27. The van der Waals surface area contributed by atoms with Gasteiger partial charge in [0, 0.05) is 18.8 Å². The summed E-state index contributed by atoms with van der Waals surface area (Å²) < 4.78 is 32.2. The van der Waals surface area contributed by atoms with Crippen LogP contribution in [0.25, 0.3) is 0 Å². The quantitative estimate of drug-likeness (QED) is 0.688. The molecule has 1 saturated heterocycles. The van der Waals surface area contributed by atoms with Crippen molar-refractivity contribution in [3.63, 3.8) is 0 Å². The van der Waals surface area contributed by atoms with E-state index in [9.17, 15) is 13.2 Å². The minimum Gasteiger partial charge on any atom is -0.492 e. The minimum atomic E-state index is -3.46. The largest absolute Gasteiger partial charge is 0.492 e. The van der Waals surface area contributed by atoms with E-state index in [1.165, 1.54) is 16.4 Å². The number of nitrogens with zero attached hydrogens (tertiary/aromatic N) is 1. The lowest BCUT2D eigenvalue weighted by Gasteiger charge is -2.18. The van der Waals surface area contributed by atoms with Crippen LogP contribution in [0.4, 0.5) is 11.4 Å². The first-order valence-electron chi connectivity index (χ1n) is 9.81. The van der Waals surface area contributed by atoms with E-state index in [0.29, 0.717) is 31.1 Å². The Morgan fingerprint density at radius 1 is 1.10 bits per heavy atom. The highest BCUT2D eigenvalue weighted by atomic mass is 32.2. The summed E-state index contributed by atoms with van der Waals surface area (Å²) in [6.07, 6.45) is 1.79. The highest BCUT2D eigenvalue weighted by Crippen LogP contribution is 2.25. The van der Waals surface area contributed by atoms with Crippen molar-refractivity contribution in [3.8, 4) is 5.75 Å². The number of benzene rings is 2. The molecule has 0 radical (unpaired) electrons. The molecule has 0 unspecified atom stereocenters. The van der Waals surface area contributed by atoms with Crippen LogP contribution in [0.1, 0.15) is 26.7 Å². The third kappa shape index (κ3) is 5.07. The van der Waals surface area contributed by atoms with Gasteiger partial charge in [0.1, 0.15) is 11.8 Å². The molecule has 0 saturated carbocycles. The Hall–Kier alpha value is -2.58. The van der Waals surface area contributed by atoms with E-state index in [1.54, 1.807) is 19.1 Å². The van der Waals surface area contributed by atoms with Crippen molar-refractivity contribution < 1.29 is 17.9 Å². The van der Waals surface area contributed by atoms with E-state index >= 15 is 0 Å². The van der Waals surface area contributed by atoms with Gasteiger partial charge in [0.15, 0.2) is 0 Å². The number of nitrogens with one attached hydrogen (secondary N) is 2. The smallest absolute Gasteiger partial charge is 0.246 e. The predicted molar refractivity (Wildman–Crippen MR) is 114 cm³/mol. The van der Waals surface area contributed by atoms with Crippen molar-refractivity contribution in [1.29, 1.82) is 0 Å². The molecule has 0 aliphatic carbocycles. The fourth-order valence-corrected chi connectivity index (χ4v) is 4.72. The van der Waals surface area contributed by atoms with Crippen LogP contribution in [0.3, 0.4) is 0 Å². The van der Waals surface area contributed by atoms with Crippen molar-refractivity contribution in [2.24, 2.45) is 0 Å². The number of amides is 1. The first-order chi connectivity index (χ1) is 13.9. The normalized spacial score (nSPS) is 15.7. The van der Waals surface area contributed by atoms with Crippen LogP contribution in [-0.4, -0.2) is 44.4 Å². The number of ether oxygens (including phenoxy) is 1. The fourth-order valence-electron chi connectivity index (χ4n) is 3.20. The second-order valence-electron chi connectivity index (χ2n) is 6.92. The molecule has 0 bridgehead atoms. The molecule has 1 aliphatic rings. The van der Waals surface area contributed by atoms with E-state index in [4.69, 9.17) is 4.74 Å². The maximum absolute atomic E-state index is 12.6. The molecule has 2 aromatic carbocycles. The summed E-state index contributed by atoms with van der Waals surface area (Å²) in [4.78, 5) is 12.8. The summed E-state index contributed by atoms with van der Waals surface area (Å²) in [7, 11) is -3.46. The number of rotatable bonds is 8. The van der Waals surface area contributed by atoms with Crippen molar-refractivity contribution in [2.45, 2.75) is 37.6 Å². The monoisotopic (exact) mass is 417 g/mol. The second-order valence-corrected chi connectivity index (χ2v) is 8.86. The van der Waals surface area contributed by atoms with Crippen molar-refractivity contribution >= 4 is 27.3 Å². The molecule has 7 nitrogen and oxygen atoms in total. The van der Waals surface area contributed by atoms with Crippen LogP contribution >= 0.6 is 0 Å². The molecular weight excluding hydrogens is 390 g/mol. The molecule has 3 rings (SSSR count). The number of hydrogen-bond acceptors (Lipinski definition) is 5. The number of carbonyl (C=O) groups excluding carboxylic acids is 1. The van der Waals surface area contributed by atoms with Gasteiger partial charge in [0.2, 0.25) is 15.9 Å². The maximum Gasteiger partial charge on any atom is 0.246 e. The number of sulfonamides is 1. The van der Waals surface area contributed by atoms with Gasteiger partial charge in [-0.25, -0.2) is 8.42 Å². The number of anilines is 2. The van der Waals surface area contributed by atoms with Gasteiger partial charge in [-0.05, 0) is 63.1 Å². The number of hydrogen-bond donors (Lipinski definition) is 2. The van der Waals surface area contributed by atoms with Gasteiger partial charge in [-0.1, -0.05) is 12.1 Å². The van der Waals surface area contributed by atoms with Crippen LogP contribution in [0, 0.1) is 0 Å². The number of carbonyl (C=O) groups is 1. The van der Waals surface area contributed by atoms with Crippen LogP contribution in [0.15, 0.2) is 53.4 Å². The van der Waals surface area contributed by atoms with Gasteiger partial charge >= 0.3 is 0 Å². The van der Waals surface area contributed by atoms with Crippen LogP contribution in [-0.2, 0) is 14.8 Å².